The number of aromatic nitrogens is 3. The molecule has 0 unspecified atom stereocenters. The van der Waals surface area contributed by atoms with Crippen LogP contribution in [0, 0.1) is 10.8 Å². The summed E-state index contributed by atoms with van der Waals surface area (Å²) in [4.78, 5) is 0. The van der Waals surface area contributed by atoms with Crippen molar-refractivity contribution in [2.45, 2.75) is 13.8 Å². The Morgan fingerprint density at radius 2 is 1.57 bits per heavy atom. The van der Waals surface area contributed by atoms with Gasteiger partial charge in [0.15, 0.2) is 0 Å². The number of nitrogens with zero attached hydrogens (tertiary/aromatic N) is 3. The first kappa shape index (κ1) is 19.1. The lowest BCUT2D eigenvalue weighted by Gasteiger charge is -2.07. The molecule has 0 radical (unpaired) electrons. The van der Waals surface area contributed by atoms with E-state index in [1.54, 1.807) is 35.1 Å². The molecular weight excluding hydrogens is 358 g/mol. The standard InChI is InChI=1S/C20H21N5O3/c1-3-27-19(21)13-5-8-15(9-6-13)25-12-17(23-24-25)16-11-14(7-10-18(16)26)20(22)28-4-2/h5-12,21-22,26H,3-4H2,1-2H3. The summed E-state index contributed by atoms with van der Waals surface area (Å²) in [7, 11) is 0. The number of aromatic hydroxyl groups is 1. The van der Waals surface area contributed by atoms with Crippen molar-refractivity contribution in [2.75, 3.05) is 13.2 Å². The van der Waals surface area contributed by atoms with E-state index in [-0.39, 0.29) is 17.5 Å². The van der Waals surface area contributed by atoms with Gasteiger partial charge < -0.3 is 14.6 Å². The molecular formula is C20H21N5O3. The number of rotatable bonds is 6. The van der Waals surface area contributed by atoms with Crippen LogP contribution in [0.2, 0.25) is 0 Å². The Morgan fingerprint density at radius 3 is 2.21 bits per heavy atom. The van der Waals surface area contributed by atoms with Crippen LogP contribution in [-0.4, -0.2) is 45.1 Å². The maximum absolute atomic E-state index is 10.2. The van der Waals surface area contributed by atoms with E-state index in [9.17, 15) is 5.11 Å². The van der Waals surface area contributed by atoms with Crippen molar-refractivity contribution in [1.82, 2.24) is 15.0 Å². The number of ether oxygens (including phenoxy) is 2. The smallest absolute Gasteiger partial charge is 0.213 e. The van der Waals surface area contributed by atoms with Gasteiger partial charge in [0, 0.05) is 16.7 Å². The van der Waals surface area contributed by atoms with Crippen LogP contribution in [0.15, 0.2) is 48.7 Å². The summed E-state index contributed by atoms with van der Waals surface area (Å²) in [5, 5.41) is 34.2. The average molecular weight is 379 g/mol. The second-order valence-corrected chi connectivity index (χ2v) is 5.85. The topological polar surface area (TPSA) is 117 Å². The molecule has 3 N–H and O–H groups in total. The molecule has 1 heterocycles. The van der Waals surface area contributed by atoms with Gasteiger partial charge >= 0.3 is 0 Å². The van der Waals surface area contributed by atoms with Crippen molar-refractivity contribution in [1.29, 1.82) is 10.8 Å². The summed E-state index contributed by atoms with van der Waals surface area (Å²) in [6.45, 7) is 4.47. The summed E-state index contributed by atoms with van der Waals surface area (Å²) in [6.07, 6.45) is 1.69. The van der Waals surface area contributed by atoms with Crippen LogP contribution >= 0.6 is 0 Å². The van der Waals surface area contributed by atoms with Crippen LogP contribution in [-0.2, 0) is 9.47 Å². The summed E-state index contributed by atoms with van der Waals surface area (Å²) in [5.41, 5.74) is 2.90. The largest absolute Gasteiger partial charge is 0.507 e. The molecule has 0 aliphatic heterocycles. The van der Waals surface area contributed by atoms with Gasteiger partial charge in [0.2, 0.25) is 11.8 Å². The van der Waals surface area contributed by atoms with Gasteiger partial charge in [-0.3, -0.25) is 10.8 Å². The van der Waals surface area contributed by atoms with Crippen molar-refractivity contribution in [2.24, 2.45) is 0 Å². The average Bonchev–Trinajstić information content (AvgIpc) is 3.19. The normalized spacial score (nSPS) is 10.5. The molecule has 0 atom stereocenters. The van der Waals surface area contributed by atoms with E-state index in [0.717, 1.165) is 5.69 Å². The van der Waals surface area contributed by atoms with Crippen LogP contribution in [0.4, 0.5) is 0 Å². The lowest BCUT2D eigenvalue weighted by atomic mass is 10.1. The molecule has 0 aliphatic rings. The van der Waals surface area contributed by atoms with E-state index in [2.05, 4.69) is 10.3 Å². The lowest BCUT2D eigenvalue weighted by molar-refractivity contribution is 0.325. The Hall–Kier alpha value is -3.68. The monoisotopic (exact) mass is 379 g/mol. The highest BCUT2D eigenvalue weighted by Crippen LogP contribution is 2.29. The maximum atomic E-state index is 10.2. The molecule has 0 saturated carbocycles. The molecule has 3 rings (SSSR count). The van der Waals surface area contributed by atoms with Gasteiger partial charge in [0.1, 0.15) is 11.4 Å². The molecule has 1 aromatic heterocycles. The highest BCUT2D eigenvalue weighted by molar-refractivity contribution is 5.93. The first-order valence-electron chi connectivity index (χ1n) is 8.83. The van der Waals surface area contributed by atoms with Crippen LogP contribution in [0.3, 0.4) is 0 Å². The summed E-state index contributed by atoms with van der Waals surface area (Å²) < 4.78 is 12.0. The molecule has 0 fully saturated rings. The fraction of sp³-hybridized carbons (Fsp3) is 0.200. The van der Waals surface area contributed by atoms with E-state index < -0.39 is 0 Å². The molecule has 0 bridgehead atoms. The van der Waals surface area contributed by atoms with Gasteiger partial charge in [0.05, 0.1) is 25.1 Å². The maximum Gasteiger partial charge on any atom is 0.213 e. The molecule has 0 spiro atoms. The van der Waals surface area contributed by atoms with Gasteiger partial charge in [0.25, 0.3) is 0 Å². The Morgan fingerprint density at radius 1 is 0.964 bits per heavy atom. The number of hydrogen-bond acceptors (Lipinski definition) is 7. The van der Waals surface area contributed by atoms with E-state index in [1.807, 2.05) is 26.0 Å². The lowest BCUT2D eigenvalue weighted by Crippen LogP contribution is -2.05. The zero-order valence-corrected chi connectivity index (χ0v) is 15.6. The molecule has 28 heavy (non-hydrogen) atoms. The zero-order chi connectivity index (χ0) is 20.1. The molecule has 2 aromatic carbocycles. The predicted molar refractivity (Wildman–Crippen MR) is 105 cm³/mol. The third-order valence-corrected chi connectivity index (χ3v) is 4.00. The molecule has 3 aromatic rings. The van der Waals surface area contributed by atoms with Crippen LogP contribution < -0.4 is 0 Å². The van der Waals surface area contributed by atoms with Crippen molar-refractivity contribution < 1.29 is 14.6 Å². The zero-order valence-electron chi connectivity index (χ0n) is 15.6. The van der Waals surface area contributed by atoms with Gasteiger partial charge in [-0.15, -0.1) is 5.10 Å². The fourth-order valence-electron chi connectivity index (χ4n) is 2.62. The van der Waals surface area contributed by atoms with Crippen molar-refractivity contribution in [3.63, 3.8) is 0 Å². The molecule has 8 heteroatoms. The second kappa shape index (κ2) is 8.34. The van der Waals surface area contributed by atoms with E-state index in [4.69, 9.17) is 20.3 Å². The fourth-order valence-corrected chi connectivity index (χ4v) is 2.62. The Balaban J connectivity index is 1.87. The van der Waals surface area contributed by atoms with Gasteiger partial charge in [-0.2, -0.15) is 0 Å². The number of nitrogens with one attached hydrogen (secondary N) is 2. The minimum Gasteiger partial charge on any atom is -0.507 e. The Bertz CT molecular complexity index is 995. The Labute approximate surface area is 162 Å². The first-order valence-corrected chi connectivity index (χ1v) is 8.83. The van der Waals surface area contributed by atoms with E-state index in [1.165, 1.54) is 6.07 Å². The third kappa shape index (κ3) is 4.01. The van der Waals surface area contributed by atoms with Crippen LogP contribution in [0.25, 0.3) is 16.9 Å². The van der Waals surface area contributed by atoms with Gasteiger partial charge in [-0.1, -0.05) is 5.21 Å². The third-order valence-electron chi connectivity index (χ3n) is 4.00. The van der Waals surface area contributed by atoms with Gasteiger partial charge in [-0.05, 0) is 56.3 Å². The SMILES string of the molecule is CCOC(=N)c1ccc(-n2cc(-c3cc(C(=N)OCC)ccc3O)nn2)cc1. The quantitative estimate of drug-likeness (QED) is 0.448. The van der Waals surface area contributed by atoms with Crippen LogP contribution in [0.1, 0.15) is 25.0 Å². The Kier molecular flexibility index (Phi) is 5.69. The number of phenolic OH excluding ortho intramolecular Hbond substituents is 1. The highest BCUT2D eigenvalue weighted by atomic mass is 16.5. The predicted octanol–water partition coefficient (Wildman–Crippen LogP) is 3.36. The van der Waals surface area contributed by atoms with Crippen molar-refractivity contribution in [3.05, 3.63) is 59.8 Å². The van der Waals surface area contributed by atoms with Crippen molar-refractivity contribution in [3.8, 4) is 22.7 Å². The molecule has 8 nitrogen and oxygen atoms in total. The summed E-state index contributed by atoms with van der Waals surface area (Å²) in [5.74, 6) is 0.191. The van der Waals surface area contributed by atoms with E-state index in [0.29, 0.717) is 35.6 Å². The minimum atomic E-state index is 0.0310. The minimum absolute atomic E-state index is 0.0310. The summed E-state index contributed by atoms with van der Waals surface area (Å²) >= 11 is 0. The number of benzene rings is 2. The molecule has 0 aliphatic carbocycles. The van der Waals surface area contributed by atoms with Gasteiger partial charge in [-0.25, -0.2) is 4.68 Å². The molecule has 0 saturated heterocycles. The molecule has 144 valence electrons. The second-order valence-electron chi connectivity index (χ2n) is 5.85. The number of hydrogen-bond donors (Lipinski definition) is 3. The van der Waals surface area contributed by atoms with Crippen molar-refractivity contribution >= 4 is 11.8 Å². The van der Waals surface area contributed by atoms with E-state index >= 15 is 0 Å². The first-order chi connectivity index (χ1) is 13.5. The number of phenols is 1. The summed E-state index contributed by atoms with van der Waals surface area (Å²) in [6, 6.07) is 11.9. The van der Waals surface area contributed by atoms with Crippen LogP contribution in [0.5, 0.6) is 5.75 Å². The highest BCUT2D eigenvalue weighted by Gasteiger charge is 2.13. The molecule has 0 amide bonds.